The topological polar surface area (TPSA) is 9.23 Å². The highest BCUT2D eigenvalue weighted by Gasteiger charge is 2.17. The monoisotopic (exact) mass is 384 g/mol. The molecule has 0 spiro atoms. The first-order valence-corrected chi connectivity index (χ1v) is 11.0. The van der Waals surface area contributed by atoms with Crippen LogP contribution in [0, 0.1) is 0 Å². The van der Waals surface area contributed by atoms with E-state index in [9.17, 15) is 0 Å². The summed E-state index contributed by atoms with van der Waals surface area (Å²) in [6, 6.07) is 36.0. The summed E-state index contributed by atoms with van der Waals surface area (Å²) >= 11 is 1.83. The Labute approximate surface area is 163 Å². The zero-order chi connectivity index (χ0) is 18.1. The van der Waals surface area contributed by atoms with E-state index in [1.165, 1.54) is 30.8 Å². The van der Waals surface area contributed by atoms with Crippen LogP contribution < -0.4 is 15.1 Å². The summed E-state index contributed by atoms with van der Waals surface area (Å²) in [5.41, 5.74) is 0. The van der Waals surface area contributed by atoms with Crippen molar-refractivity contribution in [2.24, 2.45) is 0 Å². The van der Waals surface area contributed by atoms with Gasteiger partial charge in [-0.05, 0) is 24.3 Å². The van der Waals surface area contributed by atoms with E-state index in [0.29, 0.717) is 0 Å². The van der Waals surface area contributed by atoms with Crippen LogP contribution in [0.15, 0.2) is 103 Å². The zero-order valence-electron chi connectivity index (χ0n) is 14.6. The van der Waals surface area contributed by atoms with Gasteiger partial charge in [0.25, 0.3) is 0 Å². The summed E-state index contributed by atoms with van der Waals surface area (Å²) in [6.07, 6.45) is 0. The van der Waals surface area contributed by atoms with E-state index in [1.807, 2.05) is 23.5 Å². The summed E-state index contributed by atoms with van der Waals surface area (Å²) in [5.74, 6) is 0.921. The quantitative estimate of drug-likeness (QED) is 0.322. The van der Waals surface area contributed by atoms with Gasteiger partial charge in [-0.3, -0.25) is 0 Å². The lowest BCUT2D eigenvalue weighted by molar-refractivity contribution is 0.631. The van der Waals surface area contributed by atoms with Crippen molar-refractivity contribution in [3.8, 4) is 5.75 Å². The molecule has 3 heteroatoms. The number of thiophene rings is 1. The molecule has 0 aliphatic heterocycles. The van der Waals surface area contributed by atoms with E-state index >= 15 is 0 Å². The lowest BCUT2D eigenvalue weighted by Crippen LogP contribution is -2.15. The van der Waals surface area contributed by atoms with Gasteiger partial charge in [0.15, 0.2) is 8.15 Å². The standard InChI is InChI=1S/C24H17OPS/c1-3-9-19(10-4-1)26(20-11-5-2-6-12-20)25-18-15-16-24-22(17-18)21-13-7-8-14-23(21)27-24/h1-17H. The van der Waals surface area contributed by atoms with Gasteiger partial charge in [0, 0.05) is 30.8 Å². The van der Waals surface area contributed by atoms with E-state index < -0.39 is 8.15 Å². The molecular formula is C24H17OPS. The first-order chi connectivity index (χ1) is 13.4. The summed E-state index contributed by atoms with van der Waals surface area (Å²) in [6.45, 7) is 0. The fourth-order valence-electron chi connectivity index (χ4n) is 3.25. The van der Waals surface area contributed by atoms with Crippen LogP contribution >= 0.6 is 19.5 Å². The maximum atomic E-state index is 6.58. The second-order valence-electron chi connectivity index (χ2n) is 6.31. The molecule has 1 aromatic heterocycles. The van der Waals surface area contributed by atoms with Crippen molar-refractivity contribution in [2.75, 3.05) is 0 Å². The van der Waals surface area contributed by atoms with Crippen molar-refractivity contribution < 1.29 is 4.52 Å². The molecule has 0 aliphatic carbocycles. The molecule has 1 heterocycles. The third-order valence-electron chi connectivity index (χ3n) is 4.53. The largest absolute Gasteiger partial charge is 0.464 e. The fourth-order valence-corrected chi connectivity index (χ4v) is 6.05. The predicted octanol–water partition coefficient (Wildman–Crippen LogP) is 6.48. The summed E-state index contributed by atoms with van der Waals surface area (Å²) in [5, 5.41) is 5.00. The average Bonchev–Trinajstić information content (AvgIpc) is 3.11. The van der Waals surface area contributed by atoms with Crippen molar-refractivity contribution >= 4 is 50.3 Å². The van der Waals surface area contributed by atoms with Crippen LogP contribution in [0.4, 0.5) is 0 Å². The summed E-state index contributed by atoms with van der Waals surface area (Å²) < 4.78 is 9.20. The Hall–Kier alpha value is -2.67. The van der Waals surface area contributed by atoms with E-state index in [4.69, 9.17) is 4.52 Å². The van der Waals surface area contributed by atoms with Crippen LogP contribution in [0.1, 0.15) is 0 Å². The molecule has 5 aromatic rings. The number of fused-ring (bicyclic) bond motifs is 3. The lowest BCUT2D eigenvalue weighted by atomic mass is 10.1. The van der Waals surface area contributed by atoms with Crippen LogP contribution in [-0.2, 0) is 0 Å². The molecule has 0 saturated heterocycles. The first kappa shape index (κ1) is 16.5. The molecule has 0 radical (unpaired) electrons. The highest BCUT2D eigenvalue weighted by Crippen LogP contribution is 2.40. The van der Waals surface area contributed by atoms with E-state index in [2.05, 4.69) is 91.0 Å². The maximum Gasteiger partial charge on any atom is 0.150 e. The van der Waals surface area contributed by atoms with Crippen molar-refractivity contribution in [2.45, 2.75) is 0 Å². The van der Waals surface area contributed by atoms with Gasteiger partial charge in [0.1, 0.15) is 5.75 Å². The van der Waals surface area contributed by atoms with Crippen molar-refractivity contribution in [3.05, 3.63) is 103 Å². The average molecular weight is 384 g/mol. The van der Waals surface area contributed by atoms with Crippen LogP contribution in [0.25, 0.3) is 20.2 Å². The zero-order valence-corrected chi connectivity index (χ0v) is 16.3. The number of rotatable bonds is 4. The third-order valence-corrected chi connectivity index (χ3v) is 7.61. The number of benzene rings is 4. The molecule has 0 atom stereocenters. The van der Waals surface area contributed by atoms with E-state index in [-0.39, 0.29) is 0 Å². The van der Waals surface area contributed by atoms with Gasteiger partial charge in [-0.2, -0.15) is 0 Å². The Bertz CT molecular complexity index is 1160. The van der Waals surface area contributed by atoms with Gasteiger partial charge in [-0.15, -0.1) is 11.3 Å². The molecule has 0 fully saturated rings. The maximum absolute atomic E-state index is 6.58. The molecule has 1 nitrogen and oxygen atoms in total. The van der Waals surface area contributed by atoms with E-state index in [0.717, 1.165) is 5.75 Å². The summed E-state index contributed by atoms with van der Waals surface area (Å²) in [4.78, 5) is 0. The molecule has 130 valence electrons. The van der Waals surface area contributed by atoms with Crippen LogP contribution in [0.2, 0.25) is 0 Å². The molecule has 0 N–H and O–H groups in total. The number of hydrogen-bond donors (Lipinski definition) is 0. The van der Waals surface area contributed by atoms with Gasteiger partial charge in [0.2, 0.25) is 0 Å². The van der Waals surface area contributed by atoms with E-state index in [1.54, 1.807) is 0 Å². The second kappa shape index (κ2) is 7.15. The Morgan fingerprint density at radius 2 is 1.15 bits per heavy atom. The van der Waals surface area contributed by atoms with Gasteiger partial charge < -0.3 is 4.52 Å². The second-order valence-corrected chi connectivity index (χ2v) is 9.20. The molecule has 0 unspecified atom stereocenters. The Balaban J connectivity index is 1.59. The van der Waals surface area contributed by atoms with Gasteiger partial charge in [0.05, 0.1) is 0 Å². The highest BCUT2D eigenvalue weighted by molar-refractivity contribution is 7.68. The predicted molar refractivity (Wildman–Crippen MR) is 119 cm³/mol. The van der Waals surface area contributed by atoms with Gasteiger partial charge in [-0.1, -0.05) is 78.9 Å². The molecule has 4 aromatic carbocycles. The molecule has 0 saturated carbocycles. The minimum atomic E-state index is -0.908. The number of hydrogen-bond acceptors (Lipinski definition) is 2. The van der Waals surface area contributed by atoms with Gasteiger partial charge in [-0.25, -0.2) is 0 Å². The molecule has 0 amide bonds. The molecule has 0 aliphatic rings. The van der Waals surface area contributed by atoms with Crippen molar-refractivity contribution in [1.29, 1.82) is 0 Å². The van der Waals surface area contributed by atoms with Crippen LogP contribution in [-0.4, -0.2) is 0 Å². The SMILES string of the molecule is c1ccc(P(Oc2ccc3sc4ccccc4c3c2)c2ccccc2)cc1. The molecular weight excluding hydrogens is 367 g/mol. The molecule has 0 bridgehead atoms. The highest BCUT2D eigenvalue weighted by atomic mass is 32.1. The van der Waals surface area contributed by atoms with Crippen LogP contribution in [0.3, 0.4) is 0 Å². The Morgan fingerprint density at radius 3 is 1.85 bits per heavy atom. The minimum Gasteiger partial charge on any atom is -0.464 e. The fraction of sp³-hybridized carbons (Fsp3) is 0. The lowest BCUT2D eigenvalue weighted by Gasteiger charge is -2.19. The molecule has 27 heavy (non-hydrogen) atoms. The van der Waals surface area contributed by atoms with Crippen molar-refractivity contribution in [1.82, 2.24) is 0 Å². The molecule has 5 rings (SSSR count). The Kier molecular flexibility index (Phi) is 4.37. The van der Waals surface area contributed by atoms with Crippen LogP contribution in [0.5, 0.6) is 5.75 Å². The first-order valence-electron chi connectivity index (χ1n) is 8.88. The minimum absolute atomic E-state index is 0.908. The summed E-state index contributed by atoms with van der Waals surface area (Å²) in [7, 11) is -0.908. The normalized spacial score (nSPS) is 11.3. The third kappa shape index (κ3) is 3.23. The van der Waals surface area contributed by atoms with Crippen molar-refractivity contribution in [3.63, 3.8) is 0 Å². The van der Waals surface area contributed by atoms with Gasteiger partial charge >= 0.3 is 0 Å². The Morgan fingerprint density at radius 1 is 0.556 bits per heavy atom. The smallest absolute Gasteiger partial charge is 0.150 e.